The third-order valence-electron chi connectivity index (χ3n) is 5.25. The number of carbonyl (C=O) groups is 1. The molecule has 0 radical (unpaired) electrons. The van der Waals surface area contributed by atoms with E-state index in [0.717, 1.165) is 24.6 Å². The fourth-order valence-electron chi connectivity index (χ4n) is 3.91. The molecule has 2 aliphatic rings. The van der Waals surface area contributed by atoms with E-state index in [1.165, 1.54) is 36.8 Å². The Morgan fingerprint density at radius 2 is 2.22 bits per heavy atom. The lowest BCUT2D eigenvalue weighted by Gasteiger charge is -2.31. The topological polar surface area (TPSA) is 41.1 Å². The molecule has 1 atom stereocenters. The van der Waals surface area contributed by atoms with Crippen LogP contribution in [0.25, 0.3) is 0 Å². The molecular formula is C19H28N2OS. The number of rotatable bonds is 5. The van der Waals surface area contributed by atoms with E-state index in [1.54, 1.807) is 0 Å². The Morgan fingerprint density at radius 3 is 2.91 bits per heavy atom. The largest absolute Gasteiger partial charge is 0.355 e. The Hall–Kier alpha value is -1.00. The van der Waals surface area contributed by atoms with Crippen LogP contribution in [0.4, 0.5) is 0 Å². The molecule has 2 fully saturated rings. The number of amides is 1. The second-order valence-corrected chi connectivity index (χ2v) is 8.21. The van der Waals surface area contributed by atoms with Crippen molar-refractivity contribution in [3.8, 4) is 0 Å². The molecule has 126 valence electrons. The fourth-order valence-corrected chi connectivity index (χ4v) is 4.86. The van der Waals surface area contributed by atoms with Crippen LogP contribution >= 0.6 is 11.8 Å². The van der Waals surface area contributed by atoms with E-state index in [0.29, 0.717) is 12.5 Å². The Balaban J connectivity index is 1.60. The Kier molecular flexibility index (Phi) is 5.65. The first-order valence-electron chi connectivity index (χ1n) is 8.83. The molecule has 1 aliphatic carbocycles. The van der Waals surface area contributed by atoms with Gasteiger partial charge in [0, 0.05) is 42.5 Å². The first-order valence-corrected chi connectivity index (χ1v) is 9.98. The summed E-state index contributed by atoms with van der Waals surface area (Å²) in [6.07, 6.45) is 5.52. The molecule has 3 nitrogen and oxygen atoms in total. The van der Waals surface area contributed by atoms with Crippen LogP contribution in [0.5, 0.6) is 0 Å². The van der Waals surface area contributed by atoms with Gasteiger partial charge in [0.15, 0.2) is 0 Å². The molecule has 1 amide bonds. The van der Waals surface area contributed by atoms with Crippen LogP contribution in [0.3, 0.4) is 0 Å². The van der Waals surface area contributed by atoms with Gasteiger partial charge >= 0.3 is 0 Å². The zero-order valence-electron chi connectivity index (χ0n) is 14.1. The smallest absolute Gasteiger partial charge is 0.221 e. The van der Waals surface area contributed by atoms with Crippen LogP contribution < -0.4 is 10.6 Å². The molecule has 4 heteroatoms. The first-order chi connectivity index (χ1) is 11.2. The summed E-state index contributed by atoms with van der Waals surface area (Å²) in [5, 5.41) is 6.69. The van der Waals surface area contributed by atoms with Gasteiger partial charge in [-0.15, -0.1) is 0 Å². The van der Waals surface area contributed by atoms with Crippen molar-refractivity contribution in [2.24, 2.45) is 0 Å². The van der Waals surface area contributed by atoms with Crippen molar-refractivity contribution in [3.05, 3.63) is 35.4 Å². The summed E-state index contributed by atoms with van der Waals surface area (Å²) in [6, 6.07) is 9.18. The van der Waals surface area contributed by atoms with Gasteiger partial charge in [-0.05, 0) is 25.3 Å². The van der Waals surface area contributed by atoms with Crippen LogP contribution in [-0.2, 0) is 10.2 Å². The van der Waals surface area contributed by atoms with Crippen LogP contribution in [0, 0.1) is 6.92 Å². The highest BCUT2D eigenvalue weighted by molar-refractivity contribution is 7.99. The predicted molar refractivity (Wildman–Crippen MR) is 98.1 cm³/mol. The zero-order chi connectivity index (χ0) is 16.1. The average Bonchev–Trinajstić information content (AvgIpc) is 3.04. The van der Waals surface area contributed by atoms with Gasteiger partial charge in [-0.2, -0.15) is 11.8 Å². The van der Waals surface area contributed by atoms with Crippen molar-refractivity contribution in [2.45, 2.75) is 50.5 Å². The lowest BCUT2D eigenvalue weighted by atomic mass is 9.78. The van der Waals surface area contributed by atoms with Crippen LogP contribution in [0.2, 0.25) is 0 Å². The van der Waals surface area contributed by atoms with E-state index >= 15 is 0 Å². The van der Waals surface area contributed by atoms with E-state index in [1.807, 2.05) is 11.8 Å². The molecular weight excluding hydrogens is 304 g/mol. The summed E-state index contributed by atoms with van der Waals surface area (Å²) in [6.45, 7) is 3.96. The highest BCUT2D eigenvalue weighted by atomic mass is 32.2. The summed E-state index contributed by atoms with van der Waals surface area (Å²) < 4.78 is 0. The van der Waals surface area contributed by atoms with Crippen LogP contribution in [0.15, 0.2) is 24.3 Å². The molecule has 0 spiro atoms. The summed E-state index contributed by atoms with van der Waals surface area (Å²) in [5.74, 6) is 2.41. The Morgan fingerprint density at radius 1 is 1.39 bits per heavy atom. The number of nitrogens with one attached hydrogen (secondary N) is 2. The van der Waals surface area contributed by atoms with Crippen molar-refractivity contribution in [3.63, 3.8) is 0 Å². The molecule has 0 bridgehead atoms. The standard InChI is InChI=1S/C19H28N2OS/c1-15-5-4-6-16(11-15)19(7-2-3-8-19)14-21-18(22)12-17-13-23-10-9-20-17/h4-6,11,17,20H,2-3,7-10,12-14H2,1H3,(H,21,22). The van der Waals surface area contributed by atoms with Gasteiger partial charge in [0.2, 0.25) is 5.91 Å². The summed E-state index contributed by atoms with van der Waals surface area (Å²) in [4.78, 5) is 12.3. The van der Waals surface area contributed by atoms with Crippen molar-refractivity contribution in [1.29, 1.82) is 0 Å². The van der Waals surface area contributed by atoms with E-state index < -0.39 is 0 Å². The molecule has 1 saturated heterocycles. The number of thioether (sulfide) groups is 1. The van der Waals surface area contributed by atoms with Crippen LogP contribution in [-0.4, -0.2) is 36.5 Å². The first kappa shape index (κ1) is 16.8. The molecule has 1 saturated carbocycles. The minimum absolute atomic E-state index is 0.149. The monoisotopic (exact) mass is 332 g/mol. The third kappa shape index (κ3) is 4.30. The maximum Gasteiger partial charge on any atom is 0.221 e. The van der Waals surface area contributed by atoms with Crippen molar-refractivity contribution in [1.82, 2.24) is 10.6 Å². The van der Waals surface area contributed by atoms with Gasteiger partial charge < -0.3 is 10.6 Å². The van der Waals surface area contributed by atoms with Crippen LogP contribution in [0.1, 0.15) is 43.2 Å². The maximum absolute atomic E-state index is 12.3. The van der Waals surface area contributed by atoms with Crippen molar-refractivity contribution in [2.75, 3.05) is 24.6 Å². The molecule has 2 N–H and O–H groups in total. The summed E-state index contributed by atoms with van der Waals surface area (Å²) in [7, 11) is 0. The molecule has 1 aromatic carbocycles. The molecule has 23 heavy (non-hydrogen) atoms. The quantitative estimate of drug-likeness (QED) is 0.871. The van der Waals surface area contributed by atoms with E-state index in [4.69, 9.17) is 0 Å². The fraction of sp³-hybridized carbons (Fsp3) is 0.632. The van der Waals surface area contributed by atoms with Gasteiger partial charge in [0.1, 0.15) is 0 Å². The normalized spacial score (nSPS) is 23.6. The molecule has 1 aliphatic heterocycles. The number of aryl methyl sites for hydroxylation is 1. The lowest BCUT2D eigenvalue weighted by Crippen LogP contribution is -2.44. The maximum atomic E-state index is 12.3. The predicted octanol–water partition coefficient (Wildman–Crippen LogP) is 3.02. The minimum Gasteiger partial charge on any atom is -0.355 e. The number of carbonyl (C=O) groups excluding carboxylic acids is 1. The highest BCUT2D eigenvalue weighted by Gasteiger charge is 2.36. The van der Waals surface area contributed by atoms with Gasteiger partial charge in [0.25, 0.3) is 0 Å². The van der Waals surface area contributed by atoms with Gasteiger partial charge in [0.05, 0.1) is 0 Å². The minimum atomic E-state index is 0.149. The second-order valence-electron chi connectivity index (χ2n) is 7.06. The lowest BCUT2D eigenvalue weighted by molar-refractivity contribution is -0.121. The van der Waals surface area contributed by atoms with Gasteiger partial charge in [-0.25, -0.2) is 0 Å². The number of hydrogen-bond donors (Lipinski definition) is 2. The van der Waals surface area contributed by atoms with E-state index in [2.05, 4.69) is 41.8 Å². The van der Waals surface area contributed by atoms with Crippen molar-refractivity contribution >= 4 is 17.7 Å². The number of hydrogen-bond acceptors (Lipinski definition) is 3. The molecule has 1 unspecified atom stereocenters. The Bertz CT molecular complexity index is 534. The SMILES string of the molecule is Cc1cccc(C2(CNC(=O)CC3CSCCN3)CCCC2)c1. The molecule has 1 aromatic rings. The average molecular weight is 333 g/mol. The molecule has 1 heterocycles. The van der Waals surface area contributed by atoms with E-state index in [9.17, 15) is 4.79 Å². The second kappa shape index (κ2) is 7.71. The van der Waals surface area contributed by atoms with E-state index in [-0.39, 0.29) is 11.3 Å². The summed E-state index contributed by atoms with van der Waals surface area (Å²) in [5.41, 5.74) is 2.86. The molecule has 3 rings (SSSR count). The van der Waals surface area contributed by atoms with Crippen molar-refractivity contribution < 1.29 is 4.79 Å². The van der Waals surface area contributed by atoms with Gasteiger partial charge in [-0.3, -0.25) is 4.79 Å². The Labute approximate surface area is 144 Å². The van der Waals surface area contributed by atoms with Gasteiger partial charge in [-0.1, -0.05) is 42.7 Å². The number of benzene rings is 1. The zero-order valence-corrected chi connectivity index (χ0v) is 14.9. The molecule has 0 aromatic heterocycles. The summed E-state index contributed by atoms with van der Waals surface area (Å²) >= 11 is 1.94. The highest BCUT2D eigenvalue weighted by Crippen LogP contribution is 2.40. The third-order valence-corrected chi connectivity index (χ3v) is 6.38.